The fraction of sp³-hybridized carbons (Fsp3) is 0.0909. The normalized spacial score (nSPS) is 10.1. The van der Waals surface area contributed by atoms with Gasteiger partial charge in [0.25, 0.3) is 0 Å². The van der Waals surface area contributed by atoms with E-state index in [1.165, 1.54) is 5.56 Å². The highest BCUT2D eigenvalue weighted by Gasteiger charge is 1.99. The van der Waals surface area contributed by atoms with Crippen molar-refractivity contribution in [1.82, 2.24) is 10.2 Å². The molecule has 0 bridgehead atoms. The summed E-state index contributed by atoms with van der Waals surface area (Å²) in [6.45, 7) is 2.03. The van der Waals surface area contributed by atoms with E-state index in [9.17, 15) is 0 Å². The summed E-state index contributed by atoms with van der Waals surface area (Å²) in [6.07, 6.45) is 0. The second-order valence-electron chi connectivity index (χ2n) is 3.49. The van der Waals surface area contributed by atoms with Crippen LogP contribution in [0.25, 0.3) is 0 Å². The van der Waals surface area contributed by atoms with E-state index in [1.807, 2.05) is 25.1 Å². The molecule has 1 heterocycles. The Hall–Kier alpha value is -1.62. The summed E-state index contributed by atoms with van der Waals surface area (Å²) in [6, 6.07) is 9.55. The van der Waals surface area contributed by atoms with Gasteiger partial charge in [-0.2, -0.15) is 0 Å². The highest BCUT2D eigenvalue weighted by atomic mass is 79.9. The van der Waals surface area contributed by atoms with Crippen LogP contribution in [0.4, 0.5) is 17.3 Å². The molecule has 2 aromatic rings. The Labute approximate surface area is 102 Å². The van der Waals surface area contributed by atoms with E-state index in [1.54, 1.807) is 12.1 Å². The molecule has 0 aliphatic heterocycles. The SMILES string of the molecule is Cc1cc(Br)cc(Nc2ccc(N)nn2)c1. The van der Waals surface area contributed by atoms with Crippen LogP contribution in [0.15, 0.2) is 34.8 Å². The summed E-state index contributed by atoms with van der Waals surface area (Å²) < 4.78 is 1.03. The summed E-state index contributed by atoms with van der Waals surface area (Å²) in [5.41, 5.74) is 7.59. The smallest absolute Gasteiger partial charge is 0.153 e. The number of halogens is 1. The van der Waals surface area contributed by atoms with E-state index >= 15 is 0 Å². The average molecular weight is 279 g/mol. The predicted molar refractivity (Wildman–Crippen MR) is 68.6 cm³/mol. The molecule has 1 aromatic carbocycles. The Morgan fingerprint density at radius 1 is 1.19 bits per heavy atom. The van der Waals surface area contributed by atoms with Crippen LogP contribution in [0.3, 0.4) is 0 Å². The van der Waals surface area contributed by atoms with Crippen LogP contribution < -0.4 is 11.1 Å². The minimum Gasteiger partial charge on any atom is -0.382 e. The van der Waals surface area contributed by atoms with Gasteiger partial charge in [-0.3, -0.25) is 0 Å². The summed E-state index contributed by atoms with van der Waals surface area (Å²) in [7, 11) is 0. The van der Waals surface area contributed by atoms with Crippen molar-refractivity contribution in [3.8, 4) is 0 Å². The molecule has 4 nitrogen and oxygen atoms in total. The maximum atomic E-state index is 5.46. The van der Waals surface area contributed by atoms with Gasteiger partial charge >= 0.3 is 0 Å². The molecule has 16 heavy (non-hydrogen) atoms. The Morgan fingerprint density at radius 2 is 2.00 bits per heavy atom. The molecule has 0 fully saturated rings. The molecular weight excluding hydrogens is 268 g/mol. The fourth-order valence-electron chi connectivity index (χ4n) is 1.37. The fourth-order valence-corrected chi connectivity index (χ4v) is 1.97. The lowest BCUT2D eigenvalue weighted by Crippen LogP contribution is -1.98. The van der Waals surface area contributed by atoms with Gasteiger partial charge in [0, 0.05) is 10.2 Å². The third kappa shape index (κ3) is 2.70. The first kappa shape index (κ1) is 10.9. The number of nitrogens with zero attached hydrogens (tertiary/aromatic N) is 2. The van der Waals surface area contributed by atoms with Crippen LogP contribution in [0, 0.1) is 6.92 Å². The molecule has 0 unspecified atom stereocenters. The van der Waals surface area contributed by atoms with Gasteiger partial charge < -0.3 is 11.1 Å². The first-order valence-corrected chi connectivity index (χ1v) is 5.56. The van der Waals surface area contributed by atoms with Crippen LogP contribution in [0.5, 0.6) is 0 Å². The molecule has 0 atom stereocenters. The number of aryl methyl sites for hydroxylation is 1. The van der Waals surface area contributed by atoms with Gasteiger partial charge in [-0.05, 0) is 42.8 Å². The van der Waals surface area contributed by atoms with Gasteiger partial charge in [0.1, 0.15) is 5.82 Å². The van der Waals surface area contributed by atoms with Crippen LogP contribution in [-0.4, -0.2) is 10.2 Å². The third-order valence-corrected chi connectivity index (χ3v) is 2.46. The molecule has 1 aromatic heterocycles. The molecular formula is C11H11BrN4. The molecule has 0 spiro atoms. The molecule has 5 heteroatoms. The Morgan fingerprint density at radius 3 is 2.62 bits per heavy atom. The molecule has 3 N–H and O–H groups in total. The van der Waals surface area contributed by atoms with Crippen molar-refractivity contribution in [2.75, 3.05) is 11.1 Å². The zero-order valence-electron chi connectivity index (χ0n) is 8.74. The van der Waals surface area contributed by atoms with Crippen LogP contribution >= 0.6 is 15.9 Å². The van der Waals surface area contributed by atoms with E-state index in [4.69, 9.17) is 5.73 Å². The molecule has 0 aliphatic carbocycles. The van der Waals surface area contributed by atoms with Gasteiger partial charge in [0.2, 0.25) is 0 Å². The van der Waals surface area contributed by atoms with Crippen molar-refractivity contribution >= 4 is 33.3 Å². The number of hydrogen-bond acceptors (Lipinski definition) is 4. The lowest BCUT2D eigenvalue weighted by Gasteiger charge is -2.06. The molecule has 2 rings (SSSR count). The number of benzene rings is 1. The van der Waals surface area contributed by atoms with Gasteiger partial charge in [-0.1, -0.05) is 15.9 Å². The summed E-state index contributed by atoms with van der Waals surface area (Å²) in [4.78, 5) is 0. The number of nitrogens with two attached hydrogens (primary N) is 1. The Bertz CT molecular complexity index is 476. The van der Waals surface area contributed by atoms with E-state index in [-0.39, 0.29) is 0 Å². The van der Waals surface area contributed by atoms with Crippen LogP contribution in [-0.2, 0) is 0 Å². The van der Waals surface area contributed by atoms with Gasteiger partial charge in [0.05, 0.1) is 0 Å². The van der Waals surface area contributed by atoms with Crippen molar-refractivity contribution < 1.29 is 0 Å². The van der Waals surface area contributed by atoms with E-state index < -0.39 is 0 Å². The van der Waals surface area contributed by atoms with E-state index in [0.29, 0.717) is 11.6 Å². The molecule has 0 radical (unpaired) electrons. The van der Waals surface area contributed by atoms with Gasteiger partial charge in [0.15, 0.2) is 5.82 Å². The monoisotopic (exact) mass is 278 g/mol. The highest BCUT2D eigenvalue weighted by Crippen LogP contribution is 2.21. The third-order valence-electron chi connectivity index (χ3n) is 2.00. The van der Waals surface area contributed by atoms with Gasteiger partial charge in [-0.25, -0.2) is 0 Å². The van der Waals surface area contributed by atoms with E-state index in [2.05, 4.69) is 31.4 Å². The second kappa shape index (κ2) is 4.49. The van der Waals surface area contributed by atoms with Crippen molar-refractivity contribution in [2.24, 2.45) is 0 Å². The van der Waals surface area contributed by atoms with Crippen LogP contribution in [0.2, 0.25) is 0 Å². The number of hydrogen-bond donors (Lipinski definition) is 2. The zero-order valence-corrected chi connectivity index (χ0v) is 10.3. The second-order valence-corrected chi connectivity index (χ2v) is 4.40. The maximum absolute atomic E-state index is 5.46. The number of anilines is 3. The van der Waals surface area contributed by atoms with Gasteiger partial charge in [-0.15, -0.1) is 10.2 Å². The van der Waals surface area contributed by atoms with Crippen molar-refractivity contribution in [3.05, 3.63) is 40.4 Å². The molecule has 82 valence electrons. The maximum Gasteiger partial charge on any atom is 0.153 e. The molecule has 0 saturated heterocycles. The highest BCUT2D eigenvalue weighted by molar-refractivity contribution is 9.10. The first-order valence-electron chi connectivity index (χ1n) is 4.77. The summed E-state index contributed by atoms with van der Waals surface area (Å²) >= 11 is 3.44. The topological polar surface area (TPSA) is 63.8 Å². The Kier molecular flexibility index (Phi) is 3.05. The predicted octanol–water partition coefficient (Wildman–Crippen LogP) is 2.87. The lowest BCUT2D eigenvalue weighted by molar-refractivity contribution is 1.05. The zero-order chi connectivity index (χ0) is 11.5. The summed E-state index contributed by atoms with van der Waals surface area (Å²) in [5.74, 6) is 1.09. The van der Waals surface area contributed by atoms with Crippen molar-refractivity contribution in [2.45, 2.75) is 6.92 Å². The lowest BCUT2D eigenvalue weighted by atomic mass is 10.2. The Balaban J connectivity index is 2.23. The minimum absolute atomic E-state index is 0.413. The largest absolute Gasteiger partial charge is 0.382 e. The average Bonchev–Trinajstić information content (AvgIpc) is 2.20. The van der Waals surface area contributed by atoms with E-state index in [0.717, 1.165) is 10.2 Å². The minimum atomic E-state index is 0.413. The number of aromatic nitrogens is 2. The van der Waals surface area contributed by atoms with Crippen molar-refractivity contribution in [3.63, 3.8) is 0 Å². The quantitative estimate of drug-likeness (QED) is 0.887. The molecule has 0 amide bonds. The van der Waals surface area contributed by atoms with Crippen LogP contribution in [0.1, 0.15) is 5.56 Å². The molecule has 0 saturated carbocycles. The first-order chi connectivity index (χ1) is 7.63. The number of nitrogens with one attached hydrogen (secondary N) is 1. The standard InChI is InChI=1S/C11H11BrN4/c1-7-4-8(12)6-9(5-7)14-11-3-2-10(13)15-16-11/h2-6H,1H3,(H2,13,15)(H,14,16). The molecule has 0 aliphatic rings. The van der Waals surface area contributed by atoms with Crippen molar-refractivity contribution in [1.29, 1.82) is 0 Å². The summed E-state index contributed by atoms with van der Waals surface area (Å²) in [5, 5.41) is 10.9. The number of rotatable bonds is 2. The number of nitrogen functional groups attached to an aromatic ring is 1.